The molecule has 0 aliphatic rings. The van der Waals surface area contributed by atoms with Crippen molar-refractivity contribution in [2.45, 2.75) is 65.2 Å². The zero-order chi connectivity index (χ0) is 20.2. The van der Waals surface area contributed by atoms with E-state index in [9.17, 15) is 9.59 Å². The van der Waals surface area contributed by atoms with Crippen LogP contribution in [0.4, 0.5) is 5.69 Å². The number of anilines is 1. The lowest BCUT2D eigenvalue weighted by Crippen LogP contribution is -2.35. The molecular formula is C19H27N3O4S. The number of H-pyrrole nitrogens is 1. The first-order chi connectivity index (χ1) is 12.5. The van der Waals surface area contributed by atoms with E-state index in [4.69, 9.17) is 9.47 Å². The predicted molar refractivity (Wildman–Crippen MR) is 105 cm³/mol. The lowest BCUT2D eigenvalue weighted by molar-refractivity contribution is -0.169. The lowest BCUT2D eigenvalue weighted by atomic mass is 10.1. The average molecular weight is 394 g/mol. The van der Waals surface area contributed by atoms with E-state index in [2.05, 4.69) is 15.3 Å². The molecule has 0 aromatic carbocycles. The van der Waals surface area contributed by atoms with E-state index >= 15 is 0 Å². The molecule has 0 amide bonds. The molecule has 0 saturated carbocycles. The fraction of sp³-hybridized carbons (Fsp3) is 0.526. The van der Waals surface area contributed by atoms with Gasteiger partial charge in [-0.2, -0.15) is 0 Å². The predicted octanol–water partition coefficient (Wildman–Crippen LogP) is 3.85. The maximum absolute atomic E-state index is 12.8. The van der Waals surface area contributed by atoms with Gasteiger partial charge in [-0.25, -0.2) is 4.98 Å². The van der Waals surface area contributed by atoms with Crippen molar-refractivity contribution >= 4 is 29.0 Å². The van der Waals surface area contributed by atoms with Crippen molar-refractivity contribution in [3.05, 3.63) is 34.5 Å². The van der Waals surface area contributed by atoms with Gasteiger partial charge in [-0.3, -0.25) is 9.59 Å². The highest BCUT2D eigenvalue weighted by Gasteiger charge is 2.38. The van der Waals surface area contributed by atoms with Crippen LogP contribution in [-0.4, -0.2) is 33.1 Å². The number of esters is 2. The van der Waals surface area contributed by atoms with Crippen LogP contribution in [0.25, 0.3) is 0 Å². The third-order valence-corrected chi connectivity index (χ3v) is 4.25. The molecule has 0 aliphatic heterocycles. The Morgan fingerprint density at radius 2 is 1.74 bits per heavy atom. The van der Waals surface area contributed by atoms with Crippen molar-refractivity contribution in [2.75, 3.05) is 5.32 Å². The lowest BCUT2D eigenvalue weighted by Gasteiger charge is -2.26. The summed E-state index contributed by atoms with van der Waals surface area (Å²) in [6.45, 7) is 11.1. The van der Waals surface area contributed by atoms with E-state index in [0.717, 1.165) is 5.69 Å². The molecule has 7 nitrogen and oxygen atoms in total. The van der Waals surface area contributed by atoms with Gasteiger partial charge in [0, 0.05) is 11.9 Å². The number of imidazole rings is 1. The molecule has 27 heavy (non-hydrogen) atoms. The Kier molecular flexibility index (Phi) is 6.30. The molecule has 2 rings (SSSR count). The van der Waals surface area contributed by atoms with E-state index in [-0.39, 0.29) is 0 Å². The highest BCUT2D eigenvalue weighted by atomic mass is 32.1. The SMILES string of the molecule is CC(C)(C)OC(=O)C(C(=O)OC(C)(C)C)c1sccc1NCc1cnc[nH]1. The van der Waals surface area contributed by atoms with E-state index in [1.54, 1.807) is 54.1 Å². The van der Waals surface area contributed by atoms with Crippen LogP contribution in [0.5, 0.6) is 0 Å². The summed E-state index contributed by atoms with van der Waals surface area (Å²) in [5.41, 5.74) is 0.158. The van der Waals surface area contributed by atoms with Crippen LogP contribution in [0.15, 0.2) is 24.0 Å². The minimum absolute atomic E-state index is 0.485. The molecule has 0 radical (unpaired) electrons. The number of ether oxygens (including phenoxy) is 2. The second-order valence-electron chi connectivity index (χ2n) is 8.13. The molecule has 0 fully saturated rings. The Bertz CT molecular complexity index is 742. The van der Waals surface area contributed by atoms with Crippen molar-refractivity contribution in [3.8, 4) is 0 Å². The fourth-order valence-corrected chi connectivity index (χ4v) is 3.24. The highest BCUT2D eigenvalue weighted by molar-refractivity contribution is 7.10. The molecule has 0 unspecified atom stereocenters. The molecule has 0 bridgehead atoms. The van der Waals surface area contributed by atoms with Crippen LogP contribution in [0.3, 0.4) is 0 Å². The van der Waals surface area contributed by atoms with E-state index in [1.165, 1.54) is 11.3 Å². The highest BCUT2D eigenvalue weighted by Crippen LogP contribution is 2.34. The van der Waals surface area contributed by atoms with Crippen LogP contribution in [0.2, 0.25) is 0 Å². The maximum atomic E-state index is 12.8. The summed E-state index contributed by atoms with van der Waals surface area (Å²) in [4.78, 5) is 33.2. The van der Waals surface area contributed by atoms with Crippen molar-refractivity contribution in [3.63, 3.8) is 0 Å². The summed E-state index contributed by atoms with van der Waals surface area (Å²) in [5.74, 6) is -2.39. The number of nitrogens with zero attached hydrogens (tertiary/aromatic N) is 1. The van der Waals surface area contributed by atoms with Gasteiger partial charge in [0.2, 0.25) is 0 Å². The summed E-state index contributed by atoms with van der Waals surface area (Å²) >= 11 is 1.31. The van der Waals surface area contributed by atoms with Crippen LogP contribution in [0.1, 0.15) is 58.0 Å². The first kappa shape index (κ1) is 21.0. The molecule has 2 heterocycles. The normalized spacial score (nSPS) is 12.1. The monoisotopic (exact) mass is 393 g/mol. The maximum Gasteiger partial charge on any atom is 0.326 e. The van der Waals surface area contributed by atoms with E-state index < -0.39 is 29.1 Å². The van der Waals surface area contributed by atoms with Crippen molar-refractivity contribution < 1.29 is 19.1 Å². The molecule has 0 aliphatic carbocycles. The van der Waals surface area contributed by atoms with Gasteiger partial charge >= 0.3 is 11.9 Å². The van der Waals surface area contributed by atoms with E-state index in [1.807, 2.05) is 11.4 Å². The third kappa shape index (κ3) is 6.39. The molecule has 0 spiro atoms. The summed E-state index contributed by atoms with van der Waals surface area (Å²) in [6, 6.07) is 1.83. The number of hydrogen-bond acceptors (Lipinski definition) is 7. The number of carbonyl (C=O) groups is 2. The number of aromatic nitrogens is 2. The number of thiophene rings is 1. The second-order valence-corrected chi connectivity index (χ2v) is 9.08. The second kappa shape index (κ2) is 8.12. The summed E-state index contributed by atoms with van der Waals surface area (Å²) in [6.07, 6.45) is 3.30. The van der Waals surface area contributed by atoms with Crippen LogP contribution in [0, 0.1) is 0 Å². The number of nitrogens with one attached hydrogen (secondary N) is 2. The standard InChI is InChI=1S/C19H27N3O4S/c1-18(2,3)25-16(23)14(17(24)26-19(4,5)6)15-13(7-8-27-15)21-10-12-9-20-11-22-12/h7-9,11,14,21H,10H2,1-6H3,(H,20,22). The van der Waals surface area contributed by atoms with Gasteiger partial charge in [0.05, 0.1) is 23.4 Å². The molecule has 2 N–H and O–H groups in total. The van der Waals surface area contributed by atoms with Gasteiger partial charge in [-0.05, 0) is 53.0 Å². The Balaban J connectivity index is 2.28. The van der Waals surface area contributed by atoms with Crippen molar-refractivity contribution in [1.82, 2.24) is 9.97 Å². The Morgan fingerprint density at radius 3 is 2.22 bits per heavy atom. The fourth-order valence-electron chi connectivity index (χ4n) is 2.29. The molecular weight excluding hydrogens is 366 g/mol. The Hall–Kier alpha value is -2.35. The minimum atomic E-state index is -1.15. The first-order valence-electron chi connectivity index (χ1n) is 8.70. The minimum Gasteiger partial charge on any atom is -0.459 e. The largest absolute Gasteiger partial charge is 0.459 e. The number of aromatic amines is 1. The molecule has 2 aromatic heterocycles. The zero-order valence-corrected chi connectivity index (χ0v) is 17.4. The first-order valence-corrected chi connectivity index (χ1v) is 9.58. The molecule has 0 atom stereocenters. The van der Waals surface area contributed by atoms with Crippen molar-refractivity contribution in [2.24, 2.45) is 0 Å². The smallest absolute Gasteiger partial charge is 0.326 e. The van der Waals surface area contributed by atoms with Gasteiger partial charge < -0.3 is 19.8 Å². The molecule has 0 saturated heterocycles. The van der Waals surface area contributed by atoms with Gasteiger partial charge in [-0.15, -0.1) is 11.3 Å². The molecule has 148 valence electrons. The quantitative estimate of drug-likeness (QED) is 0.572. The van der Waals surface area contributed by atoms with Crippen LogP contribution >= 0.6 is 11.3 Å². The number of rotatable bonds is 6. The number of hydrogen-bond donors (Lipinski definition) is 2. The average Bonchev–Trinajstić information content (AvgIpc) is 3.12. The number of carbonyl (C=O) groups excluding carboxylic acids is 2. The Labute approximate surface area is 163 Å². The van der Waals surface area contributed by atoms with Gasteiger partial charge in [0.15, 0.2) is 5.92 Å². The summed E-state index contributed by atoms with van der Waals surface area (Å²) in [5, 5.41) is 5.06. The van der Waals surface area contributed by atoms with E-state index in [0.29, 0.717) is 17.1 Å². The third-order valence-electron chi connectivity index (χ3n) is 3.27. The molecule has 2 aromatic rings. The summed E-state index contributed by atoms with van der Waals surface area (Å²) in [7, 11) is 0. The van der Waals surface area contributed by atoms with Crippen LogP contribution < -0.4 is 5.32 Å². The Morgan fingerprint density at radius 1 is 1.15 bits per heavy atom. The molecule has 8 heteroatoms. The van der Waals surface area contributed by atoms with Crippen molar-refractivity contribution in [1.29, 1.82) is 0 Å². The zero-order valence-electron chi connectivity index (χ0n) is 16.6. The van der Waals surface area contributed by atoms with Gasteiger partial charge in [0.25, 0.3) is 0 Å². The van der Waals surface area contributed by atoms with Crippen LogP contribution in [-0.2, 0) is 25.6 Å². The van der Waals surface area contributed by atoms with Gasteiger partial charge in [-0.1, -0.05) is 0 Å². The topological polar surface area (TPSA) is 93.3 Å². The summed E-state index contributed by atoms with van der Waals surface area (Å²) < 4.78 is 11.0. The van der Waals surface area contributed by atoms with Gasteiger partial charge in [0.1, 0.15) is 11.2 Å².